The molecule has 0 radical (unpaired) electrons. The fourth-order valence-corrected chi connectivity index (χ4v) is 2.43. The molecule has 0 bridgehead atoms. The Bertz CT molecular complexity index is 457. The largest absolute Gasteiger partial charge is 0.790 e. The van der Waals surface area contributed by atoms with E-state index in [1.807, 2.05) is 0 Å². The second kappa shape index (κ2) is 7.28. The maximum atomic E-state index is 10.5. The molecule has 0 spiro atoms. The van der Waals surface area contributed by atoms with Crippen molar-refractivity contribution in [2.45, 2.75) is 36.8 Å². The van der Waals surface area contributed by atoms with E-state index in [1.54, 1.807) is 0 Å². The van der Waals surface area contributed by atoms with E-state index in [0.717, 1.165) is 0 Å². The first-order valence-electron chi connectivity index (χ1n) is 5.56. The molecule has 132 valence electrons. The van der Waals surface area contributed by atoms with Crippen LogP contribution in [0.25, 0.3) is 0 Å². The highest BCUT2D eigenvalue weighted by Gasteiger charge is 2.47. The molecule has 22 heavy (non-hydrogen) atoms. The number of hydrogen-bond acceptors (Lipinski definition) is 13. The van der Waals surface area contributed by atoms with Gasteiger partial charge in [0, 0.05) is 0 Å². The van der Waals surface area contributed by atoms with E-state index in [1.165, 1.54) is 0 Å². The number of rotatable bonds is 6. The second-order valence-electron chi connectivity index (χ2n) is 4.30. The smallest absolute Gasteiger partial charge is 0.191 e. The maximum absolute atomic E-state index is 10.5. The summed E-state index contributed by atoms with van der Waals surface area (Å²) in [7, 11) is -11.1. The highest BCUT2D eigenvalue weighted by molar-refractivity contribution is 7.43. The molecular weight excluding hydrogens is 354 g/mol. The molecule has 15 heteroatoms. The Balaban J connectivity index is 2.80. The molecule has 1 aliphatic heterocycles. The number of phosphoric ester groups is 2. The van der Waals surface area contributed by atoms with E-state index in [-0.39, 0.29) is 0 Å². The van der Waals surface area contributed by atoms with Gasteiger partial charge in [-0.25, -0.2) is 0 Å². The van der Waals surface area contributed by atoms with Crippen molar-refractivity contribution in [2.24, 2.45) is 0 Å². The first kappa shape index (κ1) is 20.1. The number of hydrogen-bond donors (Lipinski definition) is 4. The summed E-state index contributed by atoms with van der Waals surface area (Å²) >= 11 is 0. The molecule has 0 saturated carbocycles. The van der Waals surface area contributed by atoms with Crippen LogP contribution in [0.15, 0.2) is 0 Å². The van der Waals surface area contributed by atoms with E-state index in [2.05, 4.69) is 13.8 Å². The van der Waals surface area contributed by atoms with Crippen molar-refractivity contribution in [2.75, 3.05) is 6.61 Å². The topological polar surface area (TPSA) is 235 Å². The van der Waals surface area contributed by atoms with E-state index in [0.29, 0.717) is 0 Å². The highest BCUT2D eigenvalue weighted by Crippen LogP contribution is 2.34. The standard InChI is InChI=1S/C7H16O13P2/c8-2(1-18-21(12,13)14)6-4(10)3(9)5(11)7(19-6)20-22(15,16)17/h2-11H,1H2,(H2,12,13,14)(H2,15,16,17)/p-4/t2-,3+,4+,5+,6-,7-/m1/s1. The first-order chi connectivity index (χ1) is 9.82. The minimum absolute atomic E-state index is 1.19. The van der Waals surface area contributed by atoms with Gasteiger partial charge < -0.3 is 62.9 Å². The Kier molecular flexibility index (Phi) is 6.64. The summed E-state index contributed by atoms with van der Waals surface area (Å²) < 4.78 is 32.9. The van der Waals surface area contributed by atoms with Gasteiger partial charge in [-0.2, -0.15) is 0 Å². The van der Waals surface area contributed by atoms with Crippen molar-refractivity contribution in [1.29, 1.82) is 0 Å². The second-order valence-corrected chi connectivity index (χ2v) is 6.56. The molecule has 4 N–H and O–H groups in total. The van der Waals surface area contributed by atoms with Crippen LogP contribution in [0.4, 0.5) is 0 Å². The Morgan fingerprint density at radius 3 is 2.00 bits per heavy atom. The Morgan fingerprint density at radius 1 is 1.00 bits per heavy atom. The van der Waals surface area contributed by atoms with Crippen molar-refractivity contribution in [1.82, 2.24) is 0 Å². The summed E-state index contributed by atoms with van der Waals surface area (Å²) in [4.78, 5) is 41.5. The van der Waals surface area contributed by atoms with E-state index in [4.69, 9.17) is 0 Å². The molecular formula is C7H12O13P2-4. The molecule has 6 atom stereocenters. The fourth-order valence-electron chi connectivity index (χ4n) is 1.67. The van der Waals surface area contributed by atoms with Gasteiger partial charge >= 0.3 is 0 Å². The number of ether oxygens (including phenoxy) is 1. The molecule has 13 nitrogen and oxygen atoms in total. The van der Waals surface area contributed by atoms with Crippen molar-refractivity contribution >= 4 is 15.6 Å². The van der Waals surface area contributed by atoms with Crippen LogP contribution in [0.2, 0.25) is 0 Å². The number of aliphatic hydroxyl groups excluding tert-OH is 4. The van der Waals surface area contributed by atoms with Crippen molar-refractivity contribution in [3.8, 4) is 0 Å². The predicted molar refractivity (Wildman–Crippen MR) is 54.9 cm³/mol. The summed E-state index contributed by atoms with van der Waals surface area (Å²) in [5.74, 6) is 0. The molecule has 0 aromatic rings. The van der Waals surface area contributed by atoms with E-state index < -0.39 is 59.1 Å². The molecule has 1 aliphatic rings. The van der Waals surface area contributed by atoms with Gasteiger partial charge in [-0.3, -0.25) is 0 Å². The SMILES string of the molecule is O=P([O-])([O-])OC[C@@H](O)[C@H]1O[C@H](OP(=O)([O-])[O-])[C@@H](O)[C@@H](O)[C@@H]1O. The zero-order chi connectivity index (χ0) is 17.3. The summed E-state index contributed by atoms with van der Waals surface area (Å²) in [6.45, 7) is -1.19. The monoisotopic (exact) mass is 366 g/mol. The highest BCUT2D eigenvalue weighted by atomic mass is 31.2. The van der Waals surface area contributed by atoms with Gasteiger partial charge in [0.1, 0.15) is 30.5 Å². The Labute approximate surface area is 123 Å². The maximum Gasteiger partial charge on any atom is 0.191 e. The molecule has 0 aliphatic carbocycles. The lowest BCUT2D eigenvalue weighted by molar-refractivity contribution is -0.371. The van der Waals surface area contributed by atoms with Crippen LogP contribution in [0.1, 0.15) is 0 Å². The minimum Gasteiger partial charge on any atom is -0.790 e. The minimum atomic E-state index is -5.65. The third-order valence-electron chi connectivity index (χ3n) is 2.62. The van der Waals surface area contributed by atoms with Gasteiger partial charge in [-0.05, 0) is 0 Å². The number of aliphatic hydroxyl groups is 4. The molecule has 1 saturated heterocycles. The first-order valence-corrected chi connectivity index (χ1v) is 8.49. The Morgan fingerprint density at radius 2 is 1.55 bits per heavy atom. The molecule has 1 heterocycles. The number of phosphoric acid groups is 2. The van der Waals surface area contributed by atoms with Crippen LogP contribution in [0.3, 0.4) is 0 Å². The molecule has 1 rings (SSSR count). The normalized spacial score (nSPS) is 35.4. The van der Waals surface area contributed by atoms with Crippen LogP contribution in [-0.4, -0.2) is 63.8 Å². The van der Waals surface area contributed by atoms with Crippen LogP contribution in [0, 0.1) is 0 Å². The zero-order valence-electron chi connectivity index (χ0n) is 10.5. The van der Waals surface area contributed by atoms with Crippen LogP contribution in [0.5, 0.6) is 0 Å². The summed E-state index contributed by atoms with van der Waals surface area (Å²) in [5, 5.41) is 38.0. The molecule has 0 amide bonds. The van der Waals surface area contributed by atoms with Crippen LogP contribution in [-0.2, 0) is 22.9 Å². The molecule has 0 aromatic heterocycles. The summed E-state index contributed by atoms with van der Waals surface area (Å²) in [6.07, 6.45) is -12.5. The molecule has 0 unspecified atom stereocenters. The zero-order valence-corrected chi connectivity index (χ0v) is 12.3. The van der Waals surface area contributed by atoms with Gasteiger partial charge in [-0.15, -0.1) is 0 Å². The van der Waals surface area contributed by atoms with Crippen molar-refractivity contribution in [3.05, 3.63) is 0 Å². The van der Waals surface area contributed by atoms with Crippen molar-refractivity contribution in [3.63, 3.8) is 0 Å². The van der Waals surface area contributed by atoms with E-state index >= 15 is 0 Å². The predicted octanol–water partition coefficient (Wildman–Crippen LogP) is -6.15. The average molecular weight is 366 g/mol. The quantitative estimate of drug-likeness (QED) is 0.320. The van der Waals surface area contributed by atoms with Gasteiger partial charge in [0.2, 0.25) is 0 Å². The van der Waals surface area contributed by atoms with Crippen molar-refractivity contribution < 1.29 is 62.9 Å². The van der Waals surface area contributed by atoms with Crippen LogP contribution < -0.4 is 19.6 Å². The fraction of sp³-hybridized carbons (Fsp3) is 1.00. The molecule has 0 aromatic carbocycles. The lowest BCUT2D eigenvalue weighted by Crippen LogP contribution is -2.61. The van der Waals surface area contributed by atoms with Crippen LogP contribution >= 0.6 is 15.6 Å². The summed E-state index contributed by atoms with van der Waals surface area (Å²) in [5.41, 5.74) is 0. The lowest BCUT2D eigenvalue weighted by Gasteiger charge is -2.45. The third kappa shape index (κ3) is 5.91. The summed E-state index contributed by atoms with van der Waals surface area (Å²) in [6, 6.07) is 0. The van der Waals surface area contributed by atoms with E-state index in [9.17, 15) is 49.1 Å². The van der Waals surface area contributed by atoms with Gasteiger partial charge in [0.25, 0.3) is 0 Å². The van der Waals surface area contributed by atoms with Gasteiger partial charge in [0.05, 0.1) is 22.3 Å². The van der Waals surface area contributed by atoms with Gasteiger partial charge in [0.15, 0.2) is 6.29 Å². The Hall–Kier alpha value is 0.0200. The lowest BCUT2D eigenvalue weighted by atomic mass is 9.96. The average Bonchev–Trinajstić information content (AvgIpc) is 2.34. The molecule has 1 fully saturated rings. The third-order valence-corrected chi connectivity index (χ3v) is 3.55. The van der Waals surface area contributed by atoms with Gasteiger partial charge in [-0.1, -0.05) is 0 Å².